The molecule has 0 saturated carbocycles. The molecule has 0 aliphatic carbocycles. The maximum atomic E-state index is 4.38. The van der Waals surface area contributed by atoms with E-state index in [0.717, 1.165) is 18.6 Å². The van der Waals surface area contributed by atoms with Gasteiger partial charge in [0, 0.05) is 18.3 Å². The fourth-order valence-electron chi connectivity index (χ4n) is 1.52. The van der Waals surface area contributed by atoms with E-state index < -0.39 is 0 Å². The zero-order chi connectivity index (χ0) is 12.5. The van der Waals surface area contributed by atoms with Crippen LogP contribution in [0.15, 0.2) is 78.0 Å². The van der Waals surface area contributed by atoms with E-state index in [9.17, 15) is 0 Å². The lowest BCUT2D eigenvalue weighted by atomic mass is 10.0. The van der Waals surface area contributed by atoms with Gasteiger partial charge in [0.25, 0.3) is 0 Å². The first kappa shape index (κ1) is 13.2. The van der Waals surface area contributed by atoms with E-state index in [2.05, 4.69) is 43.3 Å². The number of aliphatic imine (C=N–C) groups is 1. The predicted octanol–water partition coefficient (Wildman–Crippen LogP) is 4.54. The molecule has 1 heterocycles. The van der Waals surface area contributed by atoms with E-state index in [-0.39, 0.29) is 0 Å². The molecule has 0 bridgehead atoms. The van der Waals surface area contributed by atoms with Gasteiger partial charge in [-0.15, -0.1) is 6.58 Å². The summed E-state index contributed by atoms with van der Waals surface area (Å²) in [5, 5.41) is 0. The molecule has 0 aromatic carbocycles. The molecule has 0 aromatic rings. The van der Waals surface area contributed by atoms with Gasteiger partial charge in [-0.1, -0.05) is 43.0 Å². The Kier molecular flexibility index (Phi) is 5.73. The zero-order valence-corrected chi connectivity index (χ0v) is 10.4. The van der Waals surface area contributed by atoms with Crippen LogP contribution in [0.1, 0.15) is 19.8 Å². The highest BCUT2D eigenvalue weighted by molar-refractivity contribution is 6.02. The smallest absolute Gasteiger partial charge is 0.0476 e. The molecule has 1 aliphatic rings. The molecule has 0 N–H and O–H groups in total. The van der Waals surface area contributed by atoms with Crippen molar-refractivity contribution in [1.29, 1.82) is 0 Å². The highest BCUT2D eigenvalue weighted by atomic mass is 14.7. The normalized spacial score (nSPS) is 18.5. The molecule has 1 heteroatoms. The highest BCUT2D eigenvalue weighted by Crippen LogP contribution is 2.16. The van der Waals surface area contributed by atoms with Crippen molar-refractivity contribution < 1.29 is 0 Å². The summed E-state index contributed by atoms with van der Waals surface area (Å²) >= 11 is 0. The van der Waals surface area contributed by atoms with E-state index in [0.29, 0.717) is 0 Å². The Morgan fingerprint density at radius 1 is 1.47 bits per heavy atom. The molecule has 0 radical (unpaired) electrons. The maximum absolute atomic E-state index is 4.38. The summed E-state index contributed by atoms with van der Waals surface area (Å²) in [5.41, 5.74) is 3.55. The third-order valence-electron chi connectivity index (χ3n) is 2.46. The van der Waals surface area contributed by atoms with Gasteiger partial charge < -0.3 is 0 Å². The Balaban J connectivity index is 2.69. The van der Waals surface area contributed by atoms with E-state index in [4.69, 9.17) is 0 Å². The molecule has 1 nitrogen and oxygen atoms in total. The lowest BCUT2D eigenvalue weighted by Crippen LogP contribution is -2.03. The van der Waals surface area contributed by atoms with Gasteiger partial charge in [0.2, 0.25) is 0 Å². The second kappa shape index (κ2) is 7.39. The van der Waals surface area contributed by atoms with Gasteiger partial charge in [0.05, 0.1) is 0 Å². The van der Waals surface area contributed by atoms with Crippen molar-refractivity contribution in [3.05, 3.63) is 73.0 Å². The second-order valence-corrected chi connectivity index (χ2v) is 3.85. The van der Waals surface area contributed by atoms with Gasteiger partial charge in [-0.3, -0.25) is 4.99 Å². The van der Waals surface area contributed by atoms with Crippen molar-refractivity contribution in [2.45, 2.75) is 19.8 Å². The molecular weight excluding hydrogens is 206 g/mol. The maximum Gasteiger partial charge on any atom is 0.0476 e. The zero-order valence-electron chi connectivity index (χ0n) is 10.4. The number of hydrogen-bond acceptors (Lipinski definition) is 1. The Morgan fingerprint density at radius 2 is 2.29 bits per heavy atom. The SMILES string of the molecule is C=C/C=C(\C)C1=NC=C/C(=C/C=C\CC=C)C1. The van der Waals surface area contributed by atoms with Crippen LogP contribution in [0.3, 0.4) is 0 Å². The molecule has 0 saturated heterocycles. The number of rotatable bonds is 5. The quantitative estimate of drug-likeness (QED) is 0.481. The Labute approximate surface area is 104 Å². The fraction of sp³-hybridized carbons (Fsp3) is 0.188. The fourth-order valence-corrected chi connectivity index (χ4v) is 1.52. The van der Waals surface area contributed by atoms with Gasteiger partial charge >= 0.3 is 0 Å². The van der Waals surface area contributed by atoms with Gasteiger partial charge in [-0.05, 0) is 30.6 Å². The van der Waals surface area contributed by atoms with Crippen LogP contribution in [-0.4, -0.2) is 5.71 Å². The number of nitrogens with zero attached hydrogens (tertiary/aromatic N) is 1. The molecule has 0 amide bonds. The summed E-state index contributed by atoms with van der Waals surface area (Å²) in [7, 11) is 0. The summed E-state index contributed by atoms with van der Waals surface area (Å²) in [6.07, 6.45) is 17.6. The van der Waals surface area contributed by atoms with Crippen molar-refractivity contribution in [3.63, 3.8) is 0 Å². The molecule has 88 valence electrons. The molecule has 0 fully saturated rings. The standard InChI is InChI=1S/C16H19N/c1-4-6-7-8-10-15-11-12-17-16(13-15)14(3)9-5-2/h4-5,7-12H,1-2,6,13H2,3H3/b8-7-,14-9+,15-10-. The van der Waals surface area contributed by atoms with Crippen molar-refractivity contribution in [2.24, 2.45) is 4.99 Å². The Hall–Kier alpha value is -1.89. The van der Waals surface area contributed by atoms with Crippen LogP contribution in [0.5, 0.6) is 0 Å². The van der Waals surface area contributed by atoms with Crippen LogP contribution >= 0.6 is 0 Å². The molecule has 0 unspecified atom stereocenters. The van der Waals surface area contributed by atoms with Crippen LogP contribution in [-0.2, 0) is 0 Å². The van der Waals surface area contributed by atoms with Crippen molar-refractivity contribution in [1.82, 2.24) is 0 Å². The first-order valence-electron chi connectivity index (χ1n) is 5.77. The summed E-state index contributed by atoms with van der Waals surface area (Å²) < 4.78 is 0. The third-order valence-corrected chi connectivity index (χ3v) is 2.46. The second-order valence-electron chi connectivity index (χ2n) is 3.85. The van der Waals surface area contributed by atoms with Crippen LogP contribution in [0.4, 0.5) is 0 Å². The molecule has 0 aromatic heterocycles. The van der Waals surface area contributed by atoms with Crippen LogP contribution in [0.25, 0.3) is 0 Å². The van der Waals surface area contributed by atoms with Crippen LogP contribution < -0.4 is 0 Å². The minimum atomic E-state index is 0.880. The van der Waals surface area contributed by atoms with E-state index >= 15 is 0 Å². The minimum absolute atomic E-state index is 0.880. The van der Waals surface area contributed by atoms with Gasteiger partial charge in [-0.2, -0.15) is 0 Å². The summed E-state index contributed by atoms with van der Waals surface area (Å²) in [4.78, 5) is 4.38. The average Bonchev–Trinajstić information content (AvgIpc) is 2.35. The summed E-state index contributed by atoms with van der Waals surface area (Å²) in [6.45, 7) is 9.44. The lowest BCUT2D eigenvalue weighted by molar-refractivity contribution is 1.25. The third kappa shape index (κ3) is 4.64. The Bertz CT molecular complexity index is 428. The largest absolute Gasteiger partial charge is 0.261 e. The first-order chi connectivity index (χ1) is 8.27. The molecular formula is C16H19N. The van der Waals surface area contributed by atoms with Gasteiger partial charge in [0.1, 0.15) is 0 Å². The van der Waals surface area contributed by atoms with Crippen LogP contribution in [0.2, 0.25) is 0 Å². The number of allylic oxidation sites excluding steroid dienone is 9. The Morgan fingerprint density at radius 3 is 3.00 bits per heavy atom. The molecule has 1 aliphatic heterocycles. The summed E-state index contributed by atoms with van der Waals surface area (Å²) in [6, 6.07) is 0. The molecule has 0 spiro atoms. The lowest BCUT2D eigenvalue weighted by Gasteiger charge is -2.10. The predicted molar refractivity (Wildman–Crippen MR) is 77.2 cm³/mol. The molecule has 1 rings (SSSR count). The average molecular weight is 225 g/mol. The molecule has 17 heavy (non-hydrogen) atoms. The highest BCUT2D eigenvalue weighted by Gasteiger charge is 2.06. The van der Waals surface area contributed by atoms with Crippen molar-refractivity contribution >= 4 is 5.71 Å². The minimum Gasteiger partial charge on any atom is -0.261 e. The van der Waals surface area contributed by atoms with Crippen molar-refractivity contribution in [3.8, 4) is 0 Å². The van der Waals surface area contributed by atoms with E-state index in [1.165, 1.54) is 11.1 Å². The first-order valence-corrected chi connectivity index (χ1v) is 5.77. The number of hydrogen-bond donors (Lipinski definition) is 0. The van der Waals surface area contributed by atoms with Crippen LogP contribution in [0, 0.1) is 0 Å². The monoisotopic (exact) mass is 225 g/mol. The topological polar surface area (TPSA) is 12.4 Å². The van der Waals surface area contributed by atoms with E-state index in [1.54, 1.807) is 6.08 Å². The van der Waals surface area contributed by atoms with Crippen molar-refractivity contribution in [2.75, 3.05) is 0 Å². The van der Waals surface area contributed by atoms with E-state index in [1.807, 2.05) is 24.4 Å². The molecule has 0 atom stereocenters. The van der Waals surface area contributed by atoms with Gasteiger partial charge in [0.15, 0.2) is 0 Å². The summed E-state index contributed by atoms with van der Waals surface area (Å²) in [5.74, 6) is 0. The van der Waals surface area contributed by atoms with Gasteiger partial charge in [-0.25, -0.2) is 0 Å².